The van der Waals surface area contributed by atoms with Gasteiger partial charge in [-0.05, 0) is 19.1 Å². The lowest BCUT2D eigenvalue weighted by Crippen LogP contribution is -2.64. The Bertz CT molecular complexity index is 1430. The van der Waals surface area contributed by atoms with E-state index in [4.69, 9.17) is 16.7 Å². The largest absolute Gasteiger partial charge is 0.465 e. The molecule has 3 N–H and O–H groups in total. The second-order valence-electron chi connectivity index (χ2n) is 8.76. The molecular formula is C23H24ClN11O2. The molecule has 2 aromatic heterocycles. The Labute approximate surface area is 217 Å². The summed E-state index contributed by atoms with van der Waals surface area (Å²) in [6, 6.07) is 7.88. The molecule has 0 saturated carbocycles. The zero-order chi connectivity index (χ0) is 26.1. The van der Waals surface area contributed by atoms with Gasteiger partial charge in [0.25, 0.3) is 0 Å². The van der Waals surface area contributed by atoms with Crippen molar-refractivity contribution in [1.82, 2.24) is 29.4 Å². The fraction of sp³-hybridized carbons (Fsp3) is 0.391. The Morgan fingerprint density at radius 2 is 1.97 bits per heavy atom. The fourth-order valence-electron chi connectivity index (χ4n) is 4.58. The topological polar surface area (TPSA) is 162 Å². The normalized spacial score (nSPS) is 16.2. The molecule has 0 aliphatic carbocycles. The van der Waals surface area contributed by atoms with Gasteiger partial charge < -0.3 is 25.5 Å². The molecule has 0 spiro atoms. The highest BCUT2D eigenvalue weighted by molar-refractivity contribution is 6.36. The first-order chi connectivity index (χ1) is 17.9. The highest BCUT2D eigenvalue weighted by atomic mass is 35.5. The van der Waals surface area contributed by atoms with Gasteiger partial charge in [0, 0.05) is 51.9 Å². The number of aromatic nitrogens is 4. The third-order valence-electron chi connectivity index (χ3n) is 6.55. The van der Waals surface area contributed by atoms with Crippen LogP contribution in [0.5, 0.6) is 0 Å². The molecule has 3 aromatic rings. The standard InChI is InChI=1S/C23H24ClN11O2/c1-2-27-20-21-28-11-15(10-26)35(21)31-22(30-20)29-17-7-14(9-25)8-18(19(17)24)33-5-3-32(4-6-33)16-12-34(13-16)23(36)37/h7-8,11,16H,2-6,12-13H2,1H3,(H,36,37)(H2,27,29,30,31). The van der Waals surface area contributed by atoms with Crippen molar-refractivity contribution in [3.63, 3.8) is 0 Å². The monoisotopic (exact) mass is 521 g/mol. The minimum atomic E-state index is -0.882. The fourth-order valence-corrected chi connectivity index (χ4v) is 4.86. The molecule has 0 atom stereocenters. The molecule has 190 valence electrons. The number of piperazine rings is 1. The van der Waals surface area contributed by atoms with Crippen molar-refractivity contribution < 1.29 is 9.90 Å². The van der Waals surface area contributed by atoms with Crippen molar-refractivity contribution in [3.8, 4) is 12.1 Å². The van der Waals surface area contributed by atoms with E-state index in [-0.39, 0.29) is 17.7 Å². The first kappa shape index (κ1) is 24.4. The van der Waals surface area contributed by atoms with E-state index in [1.807, 2.05) is 6.92 Å². The van der Waals surface area contributed by atoms with Crippen LogP contribution >= 0.6 is 11.6 Å². The molecule has 13 nitrogen and oxygen atoms in total. The van der Waals surface area contributed by atoms with Gasteiger partial charge in [-0.1, -0.05) is 11.6 Å². The van der Waals surface area contributed by atoms with E-state index in [0.29, 0.717) is 60.5 Å². The molecule has 14 heteroatoms. The van der Waals surface area contributed by atoms with Crippen LogP contribution in [-0.4, -0.2) is 92.4 Å². The predicted molar refractivity (Wildman–Crippen MR) is 136 cm³/mol. The number of benzene rings is 1. The van der Waals surface area contributed by atoms with E-state index in [2.05, 4.69) is 47.6 Å². The lowest BCUT2D eigenvalue weighted by atomic mass is 10.1. The maximum Gasteiger partial charge on any atom is 0.407 e. The maximum atomic E-state index is 11.1. The minimum Gasteiger partial charge on any atom is -0.465 e. The molecule has 4 heterocycles. The zero-order valence-electron chi connectivity index (χ0n) is 20.0. The number of imidazole rings is 1. The number of amides is 1. The average molecular weight is 522 g/mol. The molecule has 1 amide bonds. The summed E-state index contributed by atoms with van der Waals surface area (Å²) in [5.41, 5.74) is 2.30. The number of likely N-dealkylation sites (tertiary alicyclic amines) is 1. The first-order valence-electron chi connectivity index (χ1n) is 11.8. The summed E-state index contributed by atoms with van der Waals surface area (Å²) in [5, 5.41) is 39.3. The van der Waals surface area contributed by atoms with E-state index in [0.717, 1.165) is 18.8 Å². The molecular weight excluding hydrogens is 498 g/mol. The van der Waals surface area contributed by atoms with Crippen molar-refractivity contribution in [2.24, 2.45) is 0 Å². The first-order valence-corrected chi connectivity index (χ1v) is 12.2. The summed E-state index contributed by atoms with van der Waals surface area (Å²) < 4.78 is 1.40. The third kappa shape index (κ3) is 4.62. The van der Waals surface area contributed by atoms with Crippen molar-refractivity contribution in [1.29, 1.82) is 10.5 Å². The second kappa shape index (κ2) is 9.97. The van der Waals surface area contributed by atoms with Crippen LogP contribution in [0.1, 0.15) is 18.2 Å². The Morgan fingerprint density at radius 3 is 2.62 bits per heavy atom. The highest BCUT2D eigenvalue weighted by Gasteiger charge is 2.36. The maximum absolute atomic E-state index is 11.1. The van der Waals surface area contributed by atoms with Gasteiger partial charge in [0.05, 0.1) is 34.2 Å². The van der Waals surface area contributed by atoms with Gasteiger partial charge in [0.2, 0.25) is 5.95 Å². The summed E-state index contributed by atoms with van der Waals surface area (Å²) >= 11 is 6.83. The van der Waals surface area contributed by atoms with E-state index in [9.17, 15) is 15.3 Å². The number of halogens is 1. The average Bonchev–Trinajstić information content (AvgIpc) is 3.28. The number of fused-ring (bicyclic) bond motifs is 1. The van der Waals surface area contributed by atoms with Crippen LogP contribution in [0, 0.1) is 22.7 Å². The number of hydrogen-bond donors (Lipinski definition) is 3. The quantitative estimate of drug-likeness (QED) is 0.435. The summed E-state index contributed by atoms with van der Waals surface area (Å²) in [4.78, 5) is 25.6. The van der Waals surface area contributed by atoms with Gasteiger partial charge in [0.15, 0.2) is 17.2 Å². The van der Waals surface area contributed by atoms with Gasteiger partial charge in [0.1, 0.15) is 6.07 Å². The molecule has 1 aromatic carbocycles. The lowest BCUT2D eigenvalue weighted by Gasteiger charge is -2.47. The molecule has 2 fully saturated rings. The molecule has 2 aliphatic rings. The number of anilines is 4. The summed E-state index contributed by atoms with van der Waals surface area (Å²) in [7, 11) is 0. The van der Waals surface area contributed by atoms with Gasteiger partial charge in [-0.25, -0.2) is 9.78 Å². The van der Waals surface area contributed by atoms with Gasteiger partial charge in [-0.3, -0.25) is 4.90 Å². The van der Waals surface area contributed by atoms with Gasteiger partial charge in [-0.2, -0.15) is 20.0 Å². The SMILES string of the molecule is CCNc1nc(Nc2cc(C#N)cc(N3CCN(C4CN(C(=O)O)C4)CC3)c2Cl)nn2c(C#N)cnc12. The number of carbonyl (C=O) groups is 1. The zero-order valence-corrected chi connectivity index (χ0v) is 20.8. The van der Waals surface area contributed by atoms with Crippen LogP contribution in [0.3, 0.4) is 0 Å². The Hall–Kier alpha value is -4.33. The Morgan fingerprint density at radius 1 is 1.22 bits per heavy atom. The van der Waals surface area contributed by atoms with E-state index < -0.39 is 6.09 Å². The molecule has 5 rings (SSSR count). The van der Waals surface area contributed by atoms with Gasteiger partial charge >= 0.3 is 6.09 Å². The lowest BCUT2D eigenvalue weighted by molar-refractivity contribution is 0.0341. The predicted octanol–water partition coefficient (Wildman–Crippen LogP) is 2.18. The summed E-state index contributed by atoms with van der Waals surface area (Å²) in [5.74, 6) is 0.654. The third-order valence-corrected chi connectivity index (χ3v) is 6.95. The van der Waals surface area contributed by atoms with E-state index in [1.165, 1.54) is 15.6 Å². The molecule has 0 unspecified atom stereocenters. The van der Waals surface area contributed by atoms with E-state index >= 15 is 0 Å². The number of rotatable bonds is 6. The van der Waals surface area contributed by atoms with Crippen molar-refractivity contribution in [2.75, 3.05) is 61.3 Å². The van der Waals surface area contributed by atoms with Crippen LogP contribution in [0.25, 0.3) is 5.65 Å². The van der Waals surface area contributed by atoms with Crippen molar-refractivity contribution in [3.05, 3.63) is 34.6 Å². The van der Waals surface area contributed by atoms with Crippen LogP contribution in [0.2, 0.25) is 5.02 Å². The Kier molecular flexibility index (Phi) is 6.56. The van der Waals surface area contributed by atoms with Crippen LogP contribution in [-0.2, 0) is 0 Å². The number of nitrogens with one attached hydrogen (secondary N) is 2. The van der Waals surface area contributed by atoms with Crippen LogP contribution in [0.4, 0.5) is 27.9 Å². The number of nitriles is 2. The van der Waals surface area contributed by atoms with Crippen LogP contribution in [0.15, 0.2) is 18.3 Å². The van der Waals surface area contributed by atoms with E-state index in [1.54, 1.807) is 12.1 Å². The molecule has 0 radical (unpaired) electrons. The highest BCUT2D eigenvalue weighted by Crippen LogP contribution is 2.36. The molecule has 2 saturated heterocycles. The number of nitrogens with zero attached hydrogens (tertiary/aromatic N) is 9. The van der Waals surface area contributed by atoms with Crippen LogP contribution < -0.4 is 15.5 Å². The molecule has 2 aliphatic heterocycles. The summed E-state index contributed by atoms with van der Waals surface area (Å²) in [6.45, 7) is 6.46. The Balaban J connectivity index is 1.38. The number of hydrogen-bond acceptors (Lipinski definition) is 10. The summed E-state index contributed by atoms with van der Waals surface area (Å²) in [6.07, 6.45) is 0.547. The van der Waals surface area contributed by atoms with Crippen molar-refractivity contribution >= 4 is 46.5 Å². The molecule has 37 heavy (non-hydrogen) atoms. The second-order valence-corrected chi connectivity index (χ2v) is 9.14. The van der Waals surface area contributed by atoms with Gasteiger partial charge in [-0.15, -0.1) is 5.10 Å². The molecule has 0 bridgehead atoms. The number of carboxylic acid groups (broad SMARTS) is 1. The van der Waals surface area contributed by atoms with Crippen molar-refractivity contribution in [2.45, 2.75) is 13.0 Å². The smallest absolute Gasteiger partial charge is 0.407 e. The minimum absolute atomic E-state index is 0.193.